The maximum Gasteiger partial charge on any atom is 0.128 e. The standard InChI is InChI=1S/C15H26N4/c1-11(2)18-15(19-12(3)4)14-8-6-13(7-9-14)10-17-16-5/h6-9,11-12,16-17H,10H2,1-5H3,(H,18,19). The Balaban J connectivity index is 2.85. The molecule has 0 amide bonds. The van der Waals surface area contributed by atoms with E-state index in [1.54, 1.807) is 0 Å². The third-order valence-electron chi connectivity index (χ3n) is 2.51. The Morgan fingerprint density at radius 2 is 1.74 bits per heavy atom. The SMILES string of the molecule is CNNCc1ccc(C(=NC(C)C)NC(C)C)cc1. The van der Waals surface area contributed by atoms with Crippen LogP contribution >= 0.6 is 0 Å². The predicted molar refractivity (Wildman–Crippen MR) is 82.3 cm³/mol. The Morgan fingerprint density at radius 3 is 2.21 bits per heavy atom. The summed E-state index contributed by atoms with van der Waals surface area (Å²) in [6.45, 7) is 9.24. The van der Waals surface area contributed by atoms with Gasteiger partial charge in [0.1, 0.15) is 5.84 Å². The van der Waals surface area contributed by atoms with Crippen LogP contribution in [0.1, 0.15) is 38.8 Å². The Kier molecular flexibility index (Phi) is 6.53. The van der Waals surface area contributed by atoms with Crippen LogP contribution in [0.5, 0.6) is 0 Å². The van der Waals surface area contributed by atoms with Gasteiger partial charge in [0.15, 0.2) is 0 Å². The normalized spacial score (nSPS) is 12.3. The van der Waals surface area contributed by atoms with Crippen molar-refractivity contribution >= 4 is 5.84 Å². The van der Waals surface area contributed by atoms with Crippen LogP contribution in [0.15, 0.2) is 29.3 Å². The Bertz CT molecular complexity index is 393. The lowest BCUT2D eigenvalue weighted by Crippen LogP contribution is -2.32. The highest BCUT2D eigenvalue weighted by Gasteiger charge is 2.06. The van der Waals surface area contributed by atoms with Crippen LogP contribution in [0.25, 0.3) is 0 Å². The molecule has 1 aromatic rings. The van der Waals surface area contributed by atoms with Gasteiger partial charge in [0, 0.05) is 24.2 Å². The van der Waals surface area contributed by atoms with E-state index in [0.717, 1.165) is 17.9 Å². The molecule has 4 nitrogen and oxygen atoms in total. The zero-order valence-corrected chi connectivity index (χ0v) is 12.6. The lowest BCUT2D eigenvalue weighted by molar-refractivity contribution is 0.596. The number of aliphatic imine (C=N–C) groups is 1. The molecule has 1 rings (SSSR count). The summed E-state index contributed by atoms with van der Waals surface area (Å²) in [5, 5.41) is 3.41. The number of benzene rings is 1. The number of nitrogens with one attached hydrogen (secondary N) is 3. The summed E-state index contributed by atoms with van der Waals surface area (Å²) in [6, 6.07) is 9.14. The highest BCUT2D eigenvalue weighted by atomic mass is 15.3. The fraction of sp³-hybridized carbons (Fsp3) is 0.533. The Hall–Kier alpha value is -1.39. The smallest absolute Gasteiger partial charge is 0.128 e. The molecule has 0 aliphatic heterocycles. The third-order valence-corrected chi connectivity index (χ3v) is 2.51. The van der Waals surface area contributed by atoms with Crippen molar-refractivity contribution in [2.24, 2.45) is 4.99 Å². The van der Waals surface area contributed by atoms with Crippen LogP contribution in [0, 0.1) is 0 Å². The third kappa shape index (κ3) is 5.85. The number of nitrogens with zero attached hydrogens (tertiary/aromatic N) is 1. The van der Waals surface area contributed by atoms with E-state index in [2.05, 4.69) is 73.1 Å². The molecule has 1 aromatic carbocycles. The highest BCUT2D eigenvalue weighted by Crippen LogP contribution is 2.06. The lowest BCUT2D eigenvalue weighted by Gasteiger charge is -2.15. The van der Waals surface area contributed by atoms with Gasteiger partial charge in [-0.05, 0) is 40.3 Å². The number of hydrazine groups is 1. The second-order valence-corrected chi connectivity index (χ2v) is 5.17. The van der Waals surface area contributed by atoms with Gasteiger partial charge in [-0.15, -0.1) is 0 Å². The van der Waals surface area contributed by atoms with Crippen molar-refractivity contribution in [2.45, 2.75) is 46.3 Å². The molecule has 0 aromatic heterocycles. The molecule has 3 N–H and O–H groups in total. The first-order chi connectivity index (χ1) is 9.02. The summed E-state index contributed by atoms with van der Waals surface area (Å²) in [5.41, 5.74) is 8.38. The molecule has 19 heavy (non-hydrogen) atoms. The monoisotopic (exact) mass is 262 g/mol. The van der Waals surface area contributed by atoms with Crippen LogP contribution in [-0.4, -0.2) is 25.0 Å². The van der Waals surface area contributed by atoms with Gasteiger partial charge in [0.05, 0.1) is 0 Å². The number of hydrogen-bond donors (Lipinski definition) is 3. The topological polar surface area (TPSA) is 48.5 Å². The zero-order valence-electron chi connectivity index (χ0n) is 12.6. The minimum Gasteiger partial charge on any atom is -0.368 e. The maximum absolute atomic E-state index is 4.66. The lowest BCUT2D eigenvalue weighted by atomic mass is 10.1. The van der Waals surface area contributed by atoms with E-state index in [0.29, 0.717) is 6.04 Å². The maximum atomic E-state index is 4.66. The minimum atomic E-state index is 0.284. The van der Waals surface area contributed by atoms with Crippen molar-refractivity contribution in [1.29, 1.82) is 0 Å². The fourth-order valence-electron chi connectivity index (χ4n) is 1.70. The summed E-state index contributed by atoms with van der Waals surface area (Å²) in [5.74, 6) is 0.970. The first kappa shape index (κ1) is 15.7. The number of hydrogen-bond acceptors (Lipinski definition) is 3. The summed E-state index contributed by atoms with van der Waals surface area (Å²) < 4.78 is 0. The van der Waals surface area contributed by atoms with Crippen molar-refractivity contribution in [1.82, 2.24) is 16.2 Å². The van der Waals surface area contributed by atoms with E-state index in [1.165, 1.54) is 5.56 Å². The van der Waals surface area contributed by atoms with E-state index in [1.807, 2.05) is 7.05 Å². The molecule has 0 radical (unpaired) electrons. The summed E-state index contributed by atoms with van der Waals surface area (Å²) in [6.07, 6.45) is 0. The molecule has 0 unspecified atom stereocenters. The summed E-state index contributed by atoms with van der Waals surface area (Å²) in [7, 11) is 1.87. The fourth-order valence-corrected chi connectivity index (χ4v) is 1.70. The van der Waals surface area contributed by atoms with Crippen LogP contribution < -0.4 is 16.2 Å². The van der Waals surface area contributed by atoms with Gasteiger partial charge in [0.2, 0.25) is 0 Å². The van der Waals surface area contributed by atoms with Crippen molar-refractivity contribution in [2.75, 3.05) is 7.05 Å². The van der Waals surface area contributed by atoms with Gasteiger partial charge in [-0.25, -0.2) is 0 Å². The molecule has 0 atom stereocenters. The Morgan fingerprint density at radius 1 is 1.11 bits per heavy atom. The van der Waals surface area contributed by atoms with E-state index in [9.17, 15) is 0 Å². The Labute approximate surface area is 116 Å². The summed E-state index contributed by atoms with van der Waals surface area (Å²) >= 11 is 0. The minimum absolute atomic E-state index is 0.284. The molecule has 0 spiro atoms. The number of rotatable bonds is 6. The molecule has 0 bridgehead atoms. The zero-order chi connectivity index (χ0) is 14.3. The summed E-state index contributed by atoms with van der Waals surface area (Å²) in [4.78, 5) is 4.66. The van der Waals surface area contributed by atoms with E-state index >= 15 is 0 Å². The molecule has 0 saturated heterocycles. The second kappa shape index (κ2) is 7.92. The average molecular weight is 262 g/mol. The molecular formula is C15H26N4. The molecule has 0 fully saturated rings. The second-order valence-electron chi connectivity index (χ2n) is 5.17. The van der Waals surface area contributed by atoms with E-state index < -0.39 is 0 Å². The van der Waals surface area contributed by atoms with Gasteiger partial charge in [-0.3, -0.25) is 15.8 Å². The van der Waals surface area contributed by atoms with Crippen LogP contribution in [-0.2, 0) is 6.54 Å². The van der Waals surface area contributed by atoms with Crippen molar-refractivity contribution < 1.29 is 0 Å². The molecule has 4 heteroatoms. The highest BCUT2D eigenvalue weighted by molar-refractivity contribution is 5.99. The predicted octanol–water partition coefficient (Wildman–Crippen LogP) is 2.06. The molecule has 0 aliphatic carbocycles. The molecule has 0 saturated carbocycles. The van der Waals surface area contributed by atoms with Gasteiger partial charge in [-0.1, -0.05) is 24.3 Å². The first-order valence-electron chi connectivity index (χ1n) is 6.86. The quantitative estimate of drug-likeness (QED) is 0.418. The molecule has 0 heterocycles. The first-order valence-corrected chi connectivity index (χ1v) is 6.86. The van der Waals surface area contributed by atoms with Crippen LogP contribution in [0.4, 0.5) is 0 Å². The number of amidine groups is 1. The van der Waals surface area contributed by atoms with Crippen molar-refractivity contribution in [3.63, 3.8) is 0 Å². The molecular weight excluding hydrogens is 236 g/mol. The van der Waals surface area contributed by atoms with Crippen LogP contribution in [0.2, 0.25) is 0 Å². The van der Waals surface area contributed by atoms with E-state index in [4.69, 9.17) is 0 Å². The van der Waals surface area contributed by atoms with Crippen LogP contribution in [0.3, 0.4) is 0 Å². The van der Waals surface area contributed by atoms with Gasteiger partial charge in [-0.2, -0.15) is 0 Å². The van der Waals surface area contributed by atoms with Gasteiger partial charge < -0.3 is 5.32 Å². The molecule has 0 aliphatic rings. The van der Waals surface area contributed by atoms with Gasteiger partial charge in [0.25, 0.3) is 0 Å². The van der Waals surface area contributed by atoms with Gasteiger partial charge >= 0.3 is 0 Å². The largest absolute Gasteiger partial charge is 0.368 e. The average Bonchev–Trinajstić information content (AvgIpc) is 2.35. The molecule has 106 valence electrons. The van der Waals surface area contributed by atoms with Crippen molar-refractivity contribution in [3.05, 3.63) is 35.4 Å². The van der Waals surface area contributed by atoms with Crippen molar-refractivity contribution in [3.8, 4) is 0 Å². The van der Waals surface area contributed by atoms with E-state index in [-0.39, 0.29) is 6.04 Å².